The molecule has 0 bridgehead atoms. The highest BCUT2D eigenvalue weighted by Crippen LogP contribution is 2.26. The van der Waals surface area contributed by atoms with E-state index in [9.17, 15) is 9.59 Å². The van der Waals surface area contributed by atoms with Crippen LogP contribution in [0.3, 0.4) is 0 Å². The SMILES string of the molecule is N[C@@H]1CN(C(=O)CCN2CCCCCC2=O)C[C@H]1c1ccccc1. The lowest BCUT2D eigenvalue weighted by atomic mass is 9.95. The molecule has 24 heavy (non-hydrogen) atoms. The molecule has 0 unspecified atom stereocenters. The van der Waals surface area contributed by atoms with E-state index < -0.39 is 0 Å². The third-order valence-electron chi connectivity index (χ3n) is 5.21. The van der Waals surface area contributed by atoms with Crippen LogP contribution in [0, 0.1) is 0 Å². The maximum absolute atomic E-state index is 12.5. The van der Waals surface area contributed by atoms with Crippen LogP contribution in [0.1, 0.15) is 43.6 Å². The average Bonchev–Trinajstić information content (AvgIpc) is 2.87. The van der Waals surface area contributed by atoms with Gasteiger partial charge in [0, 0.05) is 51.0 Å². The summed E-state index contributed by atoms with van der Waals surface area (Å²) in [6, 6.07) is 10.2. The number of carbonyl (C=O) groups excluding carboxylic acids is 2. The zero-order valence-corrected chi connectivity index (χ0v) is 14.2. The van der Waals surface area contributed by atoms with Gasteiger partial charge in [0.05, 0.1) is 0 Å². The summed E-state index contributed by atoms with van der Waals surface area (Å²) in [6.07, 6.45) is 4.16. The van der Waals surface area contributed by atoms with Gasteiger partial charge in [-0.2, -0.15) is 0 Å². The molecule has 0 aromatic heterocycles. The largest absolute Gasteiger partial charge is 0.342 e. The van der Waals surface area contributed by atoms with E-state index in [1.165, 1.54) is 5.56 Å². The highest BCUT2D eigenvalue weighted by atomic mass is 16.2. The van der Waals surface area contributed by atoms with Crippen molar-refractivity contribution in [2.24, 2.45) is 5.73 Å². The Bertz CT molecular complexity index is 575. The number of benzene rings is 1. The molecule has 2 amide bonds. The summed E-state index contributed by atoms with van der Waals surface area (Å²) < 4.78 is 0. The van der Waals surface area contributed by atoms with Crippen LogP contribution in [0.2, 0.25) is 0 Å². The summed E-state index contributed by atoms with van der Waals surface area (Å²) in [5.41, 5.74) is 7.46. The van der Waals surface area contributed by atoms with Crippen LogP contribution in [0.15, 0.2) is 30.3 Å². The lowest BCUT2D eigenvalue weighted by Crippen LogP contribution is -2.37. The molecule has 2 fully saturated rings. The monoisotopic (exact) mass is 329 g/mol. The van der Waals surface area contributed by atoms with Gasteiger partial charge in [-0.3, -0.25) is 9.59 Å². The summed E-state index contributed by atoms with van der Waals surface area (Å²) in [4.78, 5) is 28.3. The first-order valence-corrected chi connectivity index (χ1v) is 9.01. The summed E-state index contributed by atoms with van der Waals surface area (Å²) >= 11 is 0. The van der Waals surface area contributed by atoms with Gasteiger partial charge in [0.1, 0.15) is 0 Å². The minimum absolute atomic E-state index is 0.0174. The molecular weight excluding hydrogens is 302 g/mol. The first kappa shape index (κ1) is 17.0. The highest BCUT2D eigenvalue weighted by Gasteiger charge is 2.33. The quantitative estimate of drug-likeness (QED) is 0.915. The number of hydrogen-bond donors (Lipinski definition) is 1. The van der Waals surface area contributed by atoms with Crippen LogP contribution < -0.4 is 5.73 Å². The average molecular weight is 329 g/mol. The van der Waals surface area contributed by atoms with Crippen molar-refractivity contribution in [2.45, 2.75) is 44.1 Å². The lowest BCUT2D eigenvalue weighted by molar-refractivity contribution is -0.133. The second kappa shape index (κ2) is 7.79. The van der Waals surface area contributed by atoms with Gasteiger partial charge in [-0.25, -0.2) is 0 Å². The van der Waals surface area contributed by atoms with E-state index in [1.807, 2.05) is 28.0 Å². The maximum atomic E-state index is 12.5. The Morgan fingerprint density at radius 3 is 2.71 bits per heavy atom. The van der Waals surface area contributed by atoms with Gasteiger partial charge in [-0.15, -0.1) is 0 Å². The molecule has 130 valence electrons. The van der Waals surface area contributed by atoms with E-state index in [0.29, 0.717) is 32.5 Å². The molecule has 2 aliphatic heterocycles. The number of amides is 2. The van der Waals surface area contributed by atoms with E-state index in [4.69, 9.17) is 5.73 Å². The topological polar surface area (TPSA) is 66.6 Å². The molecule has 1 aromatic carbocycles. The van der Waals surface area contributed by atoms with Crippen molar-refractivity contribution in [3.8, 4) is 0 Å². The fourth-order valence-electron chi connectivity index (χ4n) is 3.75. The molecule has 2 N–H and O–H groups in total. The second-order valence-corrected chi connectivity index (χ2v) is 6.92. The number of carbonyl (C=O) groups is 2. The summed E-state index contributed by atoms with van der Waals surface area (Å²) in [6.45, 7) is 2.61. The molecule has 2 saturated heterocycles. The minimum atomic E-state index is -0.0174. The van der Waals surface area contributed by atoms with Crippen molar-refractivity contribution in [1.29, 1.82) is 0 Å². The Hall–Kier alpha value is -1.88. The molecular formula is C19H27N3O2. The highest BCUT2D eigenvalue weighted by molar-refractivity contribution is 5.79. The normalized spacial score (nSPS) is 25.0. The van der Waals surface area contributed by atoms with Crippen LogP contribution >= 0.6 is 0 Å². The van der Waals surface area contributed by atoms with E-state index in [0.717, 1.165) is 25.8 Å². The minimum Gasteiger partial charge on any atom is -0.342 e. The number of likely N-dealkylation sites (tertiary alicyclic amines) is 2. The van der Waals surface area contributed by atoms with Gasteiger partial charge in [0.2, 0.25) is 11.8 Å². The Morgan fingerprint density at radius 1 is 1.12 bits per heavy atom. The van der Waals surface area contributed by atoms with Crippen LogP contribution in [0.4, 0.5) is 0 Å². The molecule has 2 heterocycles. The number of hydrogen-bond acceptors (Lipinski definition) is 3. The predicted octanol–water partition coefficient (Wildman–Crippen LogP) is 1.73. The molecule has 2 atom stereocenters. The summed E-state index contributed by atoms with van der Waals surface area (Å²) in [7, 11) is 0. The third kappa shape index (κ3) is 3.96. The van der Waals surface area contributed by atoms with Crippen LogP contribution in [-0.4, -0.2) is 53.8 Å². The third-order valence-corrected chi connectivity index (χ3v) is 5.21. The number of rotatable bonds is 4. The predicted molar refractivity (Wildman–Crippen MR) is 93.4 cm³/mol. The lowest BCUT2D eigenvalue weighted by Gasteiger charge is -2.22. The molecule has 2 aliphatic rings. The Kier molecular flexibility index (Phi) is 5.51. The van der Waals surface area contributed by atoms with Crippen molar-refractivity contribution in [2.75, 3.05) is 26.2 Å². The van der Waals surface area contributed by atoms with E-state index >= 15 is 0 Å². The van der Waals surface area contributed by atoms with E-state index in [-0.39, 0.29) is 23.8 Å². The van der Waals surface area contributed by atoms with Crippen molar-refractivity contribution < 1.29 is 9.59 Å². The van der Waals surface area contributed by atoms with Gasteiger partial charge in [0.15, 0.2) is 0 Å². The molecule has 0 radical (unpaired) electrons. The summed E-state index contributed by atoms with van der Waals surface area (Å²) in [5.74, 6) is 0.511. The van der Waals surface area contributed by atoms with Gasteiger partial charge in [0.25, 0.3) is 0 Å². The molecule has 3 rings (SSSR count). The van der Waals surface area contributed by atoms with Crippen molar-refractivity contribution >= 4 is 11.8 Å². The number of nitrogens with zero attached hydrogens (tertiary/aromatic N) is 2. The zero-order valence-electron chi connectivity index (χ0n) is 14.2. The fraction of sp³-hybridized carbons (Fsp3) is 0.579. The standard InChI is InChI=1S/C19H27N3O2/c20-17-14-22(13-16(17)15-7-3-1-4-8-15)19(24)10-12-21-11-6-2-5-9-18(21)23/h1,3-4,7-8,16-17H,2,5-6,9-14,20H2/t16-,17+/m0/s1. The van der Waals surface area contributed by atoms with Gasteiger partial charge < -0.3 is 15.5 Å². The Balaban J connectivity index is 1.53. The maximum Gasteiger partial charge on any atom is 0.224 e. The van der Waals surface area contributed by atoms with Crippen LogP contribution in [0.5, 0.6) is 0 Å². The van der Waals surface area contributed by atoms with Gasteiger partial charge in [-0.1, -0.05) is 36.8 Å². The van der Waals surface area contributed by atoms with Crippen molar-refractivity contribution in [1.82, 2.24) is 9.80 Å². The molecule has 0 saturated carbocycles. The zero-order chi connectivity index (χ0) is 16.9. The van der Waals surface area contributed by atoms with Crippen molar-refractivity contribution in [3.63, 3.8) is 0 Å². The van der Waals surface area contributed by atoms with Gasteiger partial charge >= 0.3 is 0 Å². The Labute approximate surface area is 143 Å². The van der Waals surface area contributed by atoms with Gasteiger partial charge in [-0.05, 0) is 18.4 Å². The number of nitrogens with two attached hydrogens (primary N) is 1. The molecule has 1 aromatic rings. The van der Waals surface area contributed by atoms with Crippen LogP contribution in [-0.2, 0) is 9.59 Å². The fourth-order valence-corrected chi connectivity index (χ4v) is 3.75. The van der Waals surface area contributed by atoms with E-state index in [1.54, 1.807) is 0 Å². The smallest absolute Gasteiger partial charge is 0.224 e. The first-order chi connectivity index (χ1) is 11.6. The van der Waals surface area contributed by atoms with Crippen LogP contribution in [0.25, 0.3) is 0 Å². The summed E-state index contributed by atoms with van der Waals surface area (Å²) in [5, 5.41) is 0. The molecule has 5 nitrogen and oxygen atoms in total. The Morgan fingerprint density at radius 2 is 1.92 bits per heavy atom. The second-order valence-electron chi connectivity index (χ2n) is 6.92. The molecule has 5 heteroatoms. The van der Waals surface area contributed by atoms with E-state index in [2.05, 4.69) is 12.1 Å². The van der Waals surface area contributed by atoms with Crippen molar-refractivity contribution in [3.05, 3.63) is 35.9 Å². The molecule has 0 spiro atoms. The first-order valence-electron chi connectivity index (χ1n) is 9.01. The molecule has 0 aliphatic carbocycles.